The lowest BCUT2D eigenvalue weighted by Gasteiger charge is -2.08. The molecule has 0 amide bonds. The molecule has 9 heteroatoms. The molecule has 0 saturated heterocycles. The van der Waals surface area contributed by atoms with Gasteiger partial charge in [-0.2, -0.15) is 0 Å². The number of nitrogens with one attached hydrogen (secondary N) is 1. The molecule has 1 atom stereocenters. The first-order valence-corrected chi connectivity index (χ1v) is 6.16. The monoisotopic (exact) mass is 272 g/mol. The summed E-state index contributed by atoms with van der Waals surface area (Å²) in [5.74, 6) is 0.689. The van der Waals surface area contributed by atoms with Crippen LogP contribution < -0.4 is 5.23 Å². The third-order valence-corrected chi connectivity index (χ3v) is 3.05. The third-order valence-electron chi connectivity index (χ3n) is 3.05. The lowest BCUT2D eigenvalue weighted by Crippen LogP contribution is -2.19. The number of pyridine rings is 1. The molecule has 3 aromatic rings. The Morgan fingerprint density at radius 1 is 1.35 bits per heavy atom. The summed E-state index contributed by atoms with van der Waals surface area (Å²) in [5, 5.41) is 22.2. The number of hydrogen-bond acceptors (Lipinski definition) is 7. The highest BCUT2D eigenvalue weighted by molar-refractivity contribution is 6.18. The Balaban J connectivity index is 2.17. The second-order valence-corrected chi connectivity index (χ2v) is 4.41. The quantitative estimate of drug-likeness (QED) is 0.506. The molecule has 102 valence electrons. The van der Waals surface area contributed by atoms with E-state index in [0.29, 0.717) is 22.6 Å². The van der Waals surface area contributed by atoms with Crippen molar-refractivity contribution in [2.75, 3.05) is 11.8 Å². The number of anilines is 1. The van der Waals surface area contributed by atoms with Gasteiger partial charge in [-0.3, -0.25) is 0 Å². The van der Waals surface area contributed by atoms with Crippen LogP contribution in [0.5, 0.6) is 0 Å². The zero-order valence-electron chi connectivity index (χ0n) is 10.9. The summed E-state index contributed by atoms with van der Waals surface area (Å²) in [4.78, 5) is 17.0. The van der Waals surface area contributed by atoms with Crippen molar-refractivity contribution in [2.45, 2.75) is 12.6 Å². The molecule has 0 aliphatic heterocycles. The standard InChI is InChI=1S/C11H13BN6O2/c12-17-10-7-1-8-11(16-9(7)13-4-14-10)18(5-15-8)2-6(20)3-19/h1,4-6,19-20H,2-3,12H2,(H,13,14,16,17)/t6-/m0/s1. The highest BCUT2D eigenvalue weighted by atomic mass is 16.3. The Morgan fingerprint density at radius 3 is 2.95 bits per heavy atom. The summed E-state index contributed by atoms with van der Waals surface area (Å²) in [6, 6.07) is 1.85. The van der Waals surface area contributed by atoms with Crippen molar-refractivity contribution in [2.24, 2.45) is 0 Å². The molecule has 0 unspecified atom stereocenters. The van der Waals surface area contributed by atoms with Gasteiger partial charge in [0.2, 0.25) is 7.98 Å². The second kappa shape index (κ2) is 5.02. The molecular weight excluding hydrogens is 259 g/mol. The van der Waals surface area contributed by atoms with Crippen molar-refractivity contribution in [3.63, 3.8) is 0 Å². The van der Waals surface area contributed by atoms with E-state index in [1.54, 1.807) is 18.9 Å². The van der Waals surface area contributed by atoms with Crippen LogP contribution in [0.2, 0.25) is 0 Å². The van der Waals surface area contributed by atoms with E-state index in [0.717, 1.165) is 5.39 Å². The fourth-order valence-corrected chi connectivity index (χ4v) is 2.08. The van der Waals surface area contributed by atoms with Gasteiger partial charge in [0.05, 0.1) is 31.0 Å². The van der Waals surface area contributed by atoms with E-state index in [-0.39, 0.29) is 13.2 Å². The summed E-state index contributed by atoms with van der Waals surface area (Å²) >= 11 is 0. The number of fused-ring (bicyclic) bond motifs is 2. The van der Waals surface area contributed by atoms with Crippen LogP contribution in [0.1, 0.15) is 0 Å². The first kappa shape index (κ1) is 12.8. The van der Waals surface area contributed by atoms with Gasteiger partial charge in [0.1, 0.15) is 17.7 Å². The minimum atomic E-state index is -0.844. The van der Waals surface area contributed by atoms with E-state index >= 15 is 0 Å². The van der Waals surface area contributed by atoms with E-state index < -0.39 is 6.10 Å². The maximum absolute atomic E-state index is 9.52. The number of nitrogens with zero attached hydrogens (tertiary/aromatic N) is 5. The molecule has 3 rings (SSSR count). The smallest absolute Gasteiger partial charge is 0.215 e. The van der Waals surface area contributed by atoms with E-state index in [9.17, 15) is 5.11 Å². The summed E-state index contributed by atoms with van der Waals surface area (Å²) in [6.07, 6.45) is 2.18. The number of hydrogen-bond donors (Lipinski definition) is 3. The highest BCUT2D eigenvalue weighted by Gasteiger charge is 2.12. The summed E-state index contributed by atoms with van der Waals surface area (Å²) in [6.45, 7) is -0.0746. The lowest BCUT2D eigenvalue weighted by atomic mass is 10.2. The van der Waals surface area contributed by atoms with Crippen LogP contribution in [0.3, 0.4) is 0 Å². The van der Waals surface area contributed by atoms with Crippen LogP contribution in [-0.2, 0) is 6.54 Å². The van der Waals surface area contributed by atoms with Gasteiger partial charge in [0.15, 0.2) is 11.3 Å². The minimum Gasteiger partial charge on any atom is -0.419 e. The van der Waals surface area contributed by atoms with Gasteiger partial charge in [0.25, 0.3) is 0 Å². The van der Waals surface area contributed by atoms with Crippen molar-refractivity contribution >= 4 is 36.0 Å². The van der Waals surface area contributed by atoms with E-state index in [1.807, 2.05) is 6.07 Å². The van der Waals surface area contributed by atoms with Gasteiger partial charge in [-0.25, -0.2) is 19.9 Å². The highest BCUT2D eigenvalue weighted by Crippen LogP contribution is 2.21. The molecule has 0 aliphatic carbocycles. The molecule has 0 radical (unpaired) electrons. The molecule has 0 aromatic carbocycles. The molecule has 0 fully saturated rings. The number of imidazole rings is 1. The van der Waals surface area contributed by atoms with Crippen molar-refractivity contribution in [3.05, 3.63) is 18.7 Å². The third kappa shape index (κ3) is 2.06. The van der Waals surface area contributed by atoms with E-state index in [4.69, 9.17) is 5.11 Å². The summed E-state index contributed by atoms with van der Waals surface area (Å²) in [5.41, 5.74) is 1.86. The van der Waals surface area contributed by atoms with Crippen molar-refractivity contribution in [3.8, 4) is 0 Å². The molecule has 0 spiro atoms. The Labute approximate surface area is 115 Å². The summed E-state index contributed by atoms with van der Waals surface area (Å²) in [7, 11) is 1.78. The Morgan fingerprint density at radius 2 is 2.20 bits per heavy atom. The minimum absolute atomic E-state index is 0.232. The first-order valence-electron chi connectivity index (χ1n) is 6.16. The molecule has 3 N–H and O–H groups in total. The molecule has 0 saturated carbocycles. The Kier molecular flexibility index (Phi) is 3.21. The zero-order valence-corrected chi connectivity index (χ0v) is 10.9. The lowest BCUT2D eigenvalue weighted by molar-refractivity contribution is 0.0820. The van der Waals surface area contributed by atoms with Crippen LogP contribution >= 0.6 is 0 Å². The molecule has 3 aromatic heterocycles. The topological polar surface area (TPSA) is 109 Å². The van der Waals surface area contributed by atoms with Gasteiger partial charge < -0.3 is 20.0 Å². The first-order chi connectivity index (χ1) is 9.72. The zero-order chi connectivity index (χ0) is 14.1. The number of rotatable bonds is 4. The molecule has 3 heterocycles. The van der Waals surface area contributed by atoms with Crippen LogP contribution in [0.4, 0.5) is 5.82 Å². The maximum atomic E-state index is 9.52. The largest absolute Gasteiger partial charge is 0.419 e. The number of aliphatic hydroxyl groups excluding tert-OH is 2. The maximum Gasteiger partial charge on any atom is 0.215 e. The second-order valence-electron chi connectivity index (χ2n) is 4.41. The van der Waals surface area contributed by atoms with E-state index in [1.165, 1.54) is 6.33 Å². The van der Waals surface area contributed by atoms with Crippen LogP contribution in [0, 0.1) is 0 Å². The molecule has 0 bridgehead atoms. The van der Waals surface area contributed by atoms with E-state index in [2.05, 4.69) is 25.2 Å². The SMILES string of the molecule is BNc1ncnc2nc3c(cc12)ncn3C[C@H](O)CO. The normalized spacial score (nSPS) is 12.9. The van der Waals surface area contributed by atoms with Crippen LogP contribution in [0.25, 0.3) is 22.2 Å². The average molecular weight is 272 g/mol. The van der Waals surface area contributed by atoms with Gasteiger partial charge in [0, 0.05) is 0 Å². The van der Waals surface area contributed by atoms with Crippen molar-refractivity contribution in [1.29, 1.82) is 0 Å². The molecular formula is C11H13BN6O2. The van der Waals surface area contributed by atoms with Gasteiger partial charge in [-0.05, 0) is 6.07 Å². The molecule has 20 heavy (non-hydrogen) atoms. The fourth-order valence-electron chi connectivity index (χ4n) is 2.08. The van der Waals surface area contributed by atoms with Crippen molar-refractivity contribution in [1.82, 2.24) is 24.5 Å². The molecule has 0 aliphatic rings. The summed E-state index contributed by atoms with van der Waals surface area (Å²) < 4.78 is 1.69. The predicted octanol–water partition coefficient (Wildman–Crippen LogP) is -1.31. The number of aromatic nitrogens is 5. The Hall–Kier alpha value is -2.26. The average Bonchev–Trinajstić information content (AvgIpc) is 2.86. The number of aliphatic hydroxyl groups is 2. The molecule has 8 nitrogen and oxygen atoms in total. The predicted molar refractivity (Wildman–Crippen MR) is 75.9 cm³/mol. The van der Waals surface area contributed by atoms with Gasteiger partial charge in [-0.1, -0.05) is 0 Å². The van der Waals surface area contributed by atoms with Crippen molar-refractivity contribution < 1.29 is 10.2 Å². The fraction of sp³-hybridized carbons (Fsp3) is 0.273. The van der Waals surface area contributed by atoms with Crippen LogP contribution in [-0.4, -0.2) is 55.4 Å². The van der Waals surface area contributed by atoms with Gasteiger partial charge in [-0.15, -0.1) is 0 Å². The van der Waals surface area contributed by atoms with Crippen LogP contribution in [0.15, 0.2) is 18.7 Å². The van der Waals surface area contributed by atoms with Gasteiger partial charge >= 0.3 is 0 Å². The Bertz CT molecular complexity index is 761.